The fraction of sp³-hybridized carbons (Fsp3) is 1.00. The van der Waals surface area contributed by atoms with Crippen LogP contribution in [0.2, 0.25) is 0 Å². The van der Waals surface area contributed by atoms with Crippen LogP contribution in [0.1, 0.15) is 46.0 Å². The smallest absolute Gasteiger partial charge is 0.0692 e. The Balaban J connectivity index is 1.85. The maximum absolute atomic E-state index is 6.00. The second-order valence-corrected chi connectivity index (χ2v) is 5.28. The van der Waals surface area contributed by atoms with Crippen molar-refractivity contribution in [3.05, 3.63) is 0 Å². The first-order valence-electron chi connectivity index (χ1n) is 6.89. The molecular weight excluding hydrogens is 200 g/mol. The van der Waals surface area contributed by atoms with Crippen LogP contribution in [-0.4, -0.2) is 37.4 Å². The Labute approximate surface area is 99.3 Å². The molecule has 2 rings (SSSR count). The third-order valence-corrected chi connectivity index (χ3v) is 4.31. The molecule has 94 valence electrons. The van der Waals surface area contributed by atoms with Crippen LogP contribution in [0.15, 0.2) is 0 Å². The fourth-order valence-corrected chi connectivity index (χ4v) is 3.04. The molecule has 2 heterocycles. The van der Waals surface area contributed by atoms with Gasteiger partial charge >= 0.3 is 0 Å². The van der Waals surface area contributed by atoms with Gasteiger partial charge in [0.05, 0.1) is 5.60 Å². The maximum Gasteiger partial charge on any atom is 0.0692 e. The molecule has 2 unspecified atom stereocenters. The molecule has 2 fully saturated rings. The predicted molar refractivity (Wildman–Crippen MR) is 66.7 cm³/mol. The first kappa shape index (κ1) is 12.3. The number of hydrogen-bond acceptors (Lipinski definition) is 3. The Morgan fingerprint density at radius 2 is 2.06 bits per heavy atom. The lowest BCUT2D eigenvalue weighted by atomic mass is 9.85. The Bertz CT molecular complexity index is 210. The van der Waals surface area contributed by atoms with Gasteiger partial charge in [0, 0.05) is 25.2 Å². The zero-order valence-electron chi connectivity index (χ0n) is 10.7. The molecule has 2 atom stereocenters. The summed E-state index contributed by atoms with van der Waals surface area (Å²) in [5.41, 5.74) is 0.155. The lowest BCUT2D eigenvalue weighted by molar-refractivity contribution is -0.0938. The third kappa shape index (κ3) is 2.76. The Hall–Kier alpha value is -0.120. The molecule has 2 N–H and O–H groups in total. The molecule has 0 aromatic carbocycles. The molecule has 0 aromatic rings. The molecule has 0 spiro atoms. The lowest BCUT2D eigenvalue weighted by Crippen LogP contribution is -2.49. The number of rotatable bonds is 4. The number of nitrogens with one attached hydrogen (secondary N) is 2. The number of ether oxygens (including phenoxy) is 1. The van der Waals surface area contributed by atoms with Crippen molar-refractivity contribution in [2.75, 3.05) is 19.7 Å². The van der Waals surface area contributed by atoms with E-state index in [4.69, 9.17) is 4.74 Å². The molecule has 3 heteroatoms. The maximum atomic E-state index is 6.00. The molecule has 0 aliphatic carbocycles. The van der Waals surface area contributed by atoms with Gasteiger partial charge in [-0.3, -0.25) is 0 Å². The Morgan fingerprint density at radius 1 is 1.25 bits per heavy atom. The van der Waals surface area contributed by atoms with E-state index in [1.54, 1.807) is 0 Å². The van der Waals surface area contributed by atoms with Crippen molar-refractivity contribution in [2.45, 2.75) is 63.6 Å². The zero-order chi connectivity index (χ0) is 11.4. The molecule has 0 aromatic heterocycles. The summed E-state index contributed by atoms with van der Waals surface area (Å²) >= 11 is 0. The highest BCUT2D eigenvalue weighted by Crippen LogP contribution is 2.31. The summed E-state index contributed by atoms with van der Waals surface area (Å²) in [7, 11) is 0. The van der Waals surface area contributed by atoms with E-state index in [1.165, 1.54) is 25.8 Å². The van der Waals surface area contributed by atoms with Gasteiger partial charge in [-0.25, -0.2) is 0 Å². The Morgan fingerprint density at radius 3 is 2.69 bits per heavy atom. The van der Waals surface area contributed by atoms with Crippen molar-refractivity contribution in [1.29, 1.82) is 0 Å². The quantitative estimate of drug-likeness (QED) is 0.765. The highest BCUT2D eigenvalue weighted by Gasteiger charge is 2.35. The van der Waals surface area contributed by atoms with Crippen molar-refractivity contribution in [1.82, 2.24) is 10.6 Å². The number of hydrogen-bond donors (Lipinski definition) is 2. The van der Waals surface area contributed by atoms with E-state index < -0.39 is 0 Å². The minimum absolute atomic E-state index is 0.155. The van der Waals surface area contributed by atoms with Crippen LogP contribution in [0.3, 0.4) is 0 Å². The minimum Gasteiger partial charge on any atom is -0.375 e. The van der Waals surface area contributed by atoms with Crippen LogP contribution in [0.4, 0.5) is 0 Å². The van der Waals surface area contributed by atoms with Crippen LogP contribution in [0, 0.1) is 0 Å². The fourth-order valence-electron chi connectivity index (χ4n) is 3.04. The second kappa shape index (κ2) is 5.48. The molecule has 0 saturated carbocycles. The van der Waals surface area contributed by atoms with Crippen LogP contribution < -0.4 is 10.6 Å². The van der Waals surface area contributed by atoms with Gasteiger partial charge in [-0.1, -0.05) is 13.8 Å². The zero-order valence-corrected chi connectivity index (χ0v) is 10.7. The van der Waals surface area contributed by atoms with Crippen LogP contribution in [0.25, 0.3) is 0 Å². The second-order valence-electron chi connectivity index (χ2n) is 5.28. The first-order chi connectivity index (χ1) is 7.78. The highest BCUT2D eigenvalue weighted by molar-refractivity contribution is 4.90. The topological polar surface area (TPSA) is 33.3 Å². The standard InChI is InChI=1S/C13H26N2O/c1-3-13(4-2)9-11(6-8-16-13)15-12-5-7-14-10-12/h11-12,14-15H,3-10H2,1-2H3. The summed E-state index contributed by atoms with van der Waals surface area (Å²) in [5, 5.41) is 7.22. The summed E-state index contributed by atoms with van der Waals surface area (Å²) in [6.07, 6.45) is 5.94. The largest absolute Gasteiger partial charge is 0.375 e. The summed E-state index contributed by atoms with van der Waals surface area (Å²) in [5.74, 6) is 0. The van der Waals surface area contributed by atoms with Gasteiger partial charge in [-0.05, 0) is 38.6 Å². The summed E-state index contributed by atoms with van der Waals surface area (Å²) in [6, 6.07) is 1.35. The van der Waals surface area contributed by atoms with Gasteiger partial charge in [-0.15, -0.1) is 0 Å². The molecule has 0 amide bonds. The summed E-state index contributed by atoms with van der Waals surface area (Å²) in [4.78, 5) is 0. The van der Waals surface area contributed by atoms with Crippen molar-refractivity contribution in [3.8, 4) is 0 Å². The average Bonchev–Trinajstić information content (AvgIpc) is 2.82. The van der Waals surface area contributed by atoms with Gasteiger partial charge < -0.3 is 15.4 Å². The molecule has 3 nitrogen and oxygen atoms in total. The molecule has 0 bridgehead atoms. The van der Waals surface area contributed by atoms with Crippen LogP contribution >= 0.6 is 0 Å². The SMILES string of the molecule is CCC1(CC)CC(NC2CCNC2)CCO1. The molecule has 16 heavy (non-hydrogen) atoms. The minimum atomic E-state index is 0.155. The molecule has 2 aliphatic rings. The van der Waals surface area contributed by atoms with Crippen molar-refractivity contribution >= 4 is 0 Å². The van der Waals surface area contributed by atoms with E-state index in [1.807, 2.05) is 0 Å². The normalized spacial score (nSPS) is 34.1. The van der Waals surface area contributed by atoms with Crippen molar-refractivity contribution < 1.29 is 4.74 Å². The lowest BCUT2D eigenvalue weighted by Gasteiger charge is -2.41. The molecule has 0 radical (unpaired) electrons. The van der Waals surface area contributed by atoms with E-state index in [0.717, 1.165) is 26.0 Å². The monoisotopic (exact) mass is 226 g/mol. The molecular formula is C13H26N2O. The van der Waals surface area contributed by atoms with Gasteiger partial charge in [0.2, 0.25) is 0 Å². The molecule has 2 saturated heterocycles. The van der Waals surface area contributed by atoms with Crippen molar-refractivity contribution in [2.24, 2.45) is 0 Å². The van der Waals surface area contributed by atoms with Crippen molar-refractivity contribution in [3.63, 3.8) is 0 Å². The van der Waals surface area contributed by atoms with E-state index >= 15 is 0 Å². The van der Waals surface area contributed by atoms with Gasteiger partial charge in [-0.2, -0.15) is 0 Å². The summed E-state index contributed by atoms with van der Waals surface area (Å²) < 4.78 is 6.00. The van der Waals surface area contributed by atoms with Crippen LogP contribution in [-0.2, 0) is 4.74 Å². The summed E-state index contributed by atoms with van der Waals surface area (Å²) in [6.45, 7) is 7.75. The van der Waals surface area contributed by atoms with E-state index in [9.17, 15) is 0 Å². The molecule has 2 aliphatic heterocycles. The first-order valence-corrected chi connectivity index (χ1v) is 6.89. The third-order valence-electron chi connectivity index (χ3n) is 4.31. The van der Waals surface area contributed by atoms with E-state index in [2.05, 4.69) is 24.5 Å². The highest BCUT2D eigenvalue weighted by atomic mass is 16.5. The van der Waals surface area contributed by atoms with Crippen LogP contribution in [0.5, 0.6) is 0 Å². The van der Waals surface area contributed by atoms with Gasteiger partial charge in [0.15, 0.2) is 0 Å². The van der Waals surface area contributed by atoms with Gasteiger partial charge in [0.25, 0.3) is 0 Å². The van der Waals surface area contributed by atoms with E-state index in [0.29, 0.717) is 12.1 Å². The average molecular weight is 226 g/mol. The Kier molecular flexibility index (Phi) is 4.22. The van der Waals surface area contributed by atoms with E-state index in [-0.39, 0.29) is 5.60 Å². The predicted octanol–water partition coefficient (Wildman–Crippen LogP) is 1.68. The van der Waals surface area contributed by atoms with Gasteiger partial charge in [0.1, 0.15) is 0 Å².